The van der Waals surface area contributed by atoms with Crippen LogP contribution in [0.5, 0.6) is 11.5 Å². The first-order valence-corrected chi connectivity index (χ1v) is 10.4. The minimum atomic E-state index is -0.832. The molecule has 2 aromatic carbocycles. The van der Waals surface area contributed by atoms with Gasteiger partial charge in [-0.1, -0.05) is 18.2 Å². The van der Waals surface area contributed by atoms with Crippen molar-refractivity contribution in [2.75, 3.05) is 14.2 Å². The van der Waals surface area contributed by atoms with E-state index < -0.39 is 11.2 Å². The predicted octanol–water partition coefficient (Wildman–Crippen LogP) is 3.78. The van der Waals surface area contributed by atoms with Gasteiger partial charge in [0.25, 0.3) is 5.56 Å². The molecule has 0 bridgehead atoms. The summed E-state index contributed by atoms with van der Waals surface area (Å²) in [5.74, 6) is 1.43. The number of nitrogens with zero attached hydrogens (tertiary/aromatic N) is 3. The number of fused-ring (bicyclic) bond motifs is 1. The number of imidazole rings is 1. The van der Waals surface area contributed by atoms with Crippen LogP contribution in [0.2, 0.25) is 0 Å². The number of halogens is 1. The third kappa shape index (κ3) is 4.73. The fourth-order valence-corrected chi connectivity index (χ4v) is 3.45. The number of hydrogen-bond acceptors (Lipinski definition) is 6. The van der Waals surface area contributed by atoms with Crippen LogP contribution >= 0.6 is 0 Å². The summed E-state index contributed by atoms with van der Waals surface area (Å²) in [6.45, 7) is 4.39. The lowest BCUT2D eigenvalue weighted by Gasteiger charge is -2.23. The topological polar surface area (TPSA) is 91.3 Å². The second-order valence-corrected chi connectivity index (χ2v) is 8.08. The molecule has 0 saturated carbocycles. The molecule has 0 amide bonds. The van der Waals surface area contributed by atoms with E-state index >= 15 is 0 Å². The Morgan fingerprint density at radius 1 is 1.03 bits per heavy atom. The number of hydrogen-bond donors (Lipinski definition) is 1. The molecule has 172 valence electrons. The first-order chi connectivity index (χ1) is 15.8. The lowest BCUT2D eigenvalue weighted by molar-refractivity contribution is -0.0393. The van der Waals surface area contributed by atoms with Gasteiger partial charge in [0.15, 0.2) is 22.7 Å². The minimum Gasteiger partial charge on any atom is -0.493 e. The maximum atomic E-state index is 13.1. The summed E-state index contributed by atoms with van der Waals surface area (Å²) in [6, 6.07) is 11.7. The number of methoxy groups -OCH3 is 2. The molecular weight excluding hydrogens is 427 g/mol. The van der Waals surface area contributed by atoms with Crippen molar-refractivity contribution in [2.45, 2.75) is 32.6 Å². The molecule has 0 aliphatic rings. The lowest BCUT2D eigenvalue weighted by Crippen LogP contribution is -2.23. The molecule has 0 unspecified atom stereocenters. The van der Waals surface area contributed by atoms with Crippen molar-refractivity contribution in [3.05, 3.63) is 81.9 Å². The summed E-state index contributed by atoms with van der Waals surface area (Å²) >= 11 is 0. The van der Waals surface area contributed by atoms with Crippen LogP contribution in [-0.2, 0) is 23.5 Å². The van der Waals surface area contributed by atoms with E-state index in [9.17, 15) is 9.18 Å². The molecular formula is C24H25FN4O4. The van der Waals surface area contributed by atoms with Crippen molar-refractivity contribution in [2.24, 2.45) is 0 Å². The molecule has 0 saturated heterocycles. The molecule has 1 N–H and O–H groups in total. The standard InChI is InChI=1S/C24H25FN4O4/c1-24(2,33-13-15-5-8-17(25)9-6-15)23-27-20-21(28-23)29(14-26-22(20)30)12-16-7-10-18(31-3)19(11-16)32-4/h5-11,14H,12-13H2,1-4H3,(H,27,28). The summed E-state index contributed by atoms with van der Waals surface area (Å²) in [6.07, 6.45) is 1.47. The smallest absolute Gasteiger partial charge is 0.298 e. The zero-order chi connectivity index (χ0) is 23.6. The number of H-pyrrole nitrogens is 1. The van der Waals surface area contributed by atoms with Crippen LogP contribution in [-0.4, -0.2) is 33.7 Å². The van der Waals surface area contributed by atoms with Crippen LogP contribution in [0.1, 0.15) is 30.8 Å². The van der Waals surface area contributed by atoms with Gasteiger partial charge in [-0.3, -0.25) is 4.79 Å². The van der Waals surface area contributed by atoms with Crippen molar-refractivity contribution < 1.29 is 18.6 Å². The number of benzene rings is 2. The molecule has 2 heterocycles. The van der Waals surface area contributed by atoms with Gasteiger partial charge in [-0.05, 0) is 49.2 Å². The zero-order valence-corrected chi connectivity index (χ0v) is 18.9. The molecule has 9 heteroatoms. The Bertz CT molecular complexity index is 1330. The fourth-order valence-electron chi connectivity index (χ4n) is 3.45. The molecule has 0 atom stereocenters. The van der Waals surface area contributed by atoms with E-state index in [4.69, 9.17) is 14.2 Å². The summed E-state index contributed by atoms with van der Waals surface area (Å²) in [5.41, 5.74) is 1.29. The van der Waals surface area contributed by atoms with Crippen LogP contribution in [0.3, 0.4) is 0 Å². The molecule has 0 aliphatic heterocycles. The molecule has 0 radical (unpaired) electrons. The predicted molar refractivity (Wildman–Crippen MR) is 121 cm³/mol. The van der Waals surface area contributed by atoms with Crippen molar-refractivity contribution in [3.8, 4) is 11.5 Å². The normalized spacial score (nSPS) is 11.7. The summed E-state index contributed by atoms with van der Waals surface area (Å²) < 4.78 is 31.7. The Hall–Kier alpha value is -3.72. The number of rotatable bonds is 8. The van der Waals surface area contributed by atoms with E-state index in [1.807, 2.05) is 32.0 Å². The summed E-state index contributed by atoms with van der Waals surface area (Å²) in [7, 11) is 3.16. The molecule has 4 rings (SSSR count). The number of aromatic nitrogens is 4. The molecule has 8 nitrogen and oxygen atoms in total. The Labute approximate surface area is 190 Å². The Kier molecular flexibility index (Phi) is 6.15. The van der Waals surface area contributed by atoms with Crippen LogP contribution in [0.15, 0.2) is 53.6 Å². The van der Waals surface area contributed by atoms with Gasteiger partial charge < -0.3 is 23.8 Å². The quantitative estimate of drug-likeness (QED) is 0.438. The van der Waals surface area contributed by atoms with E-state index in [0.717, 1.165) is 11.1 Å². The van der Waals surface area contributed by atoms with E-state index in [2.05, 4.69) is 15.0 Å². The van der Waals surface area contributed by atoms with Gasteiger partial charge in [0.05, 0.1) is 27.4 Å². The minimum absolute atomic E-state index is 0.262. The number of ether oxygens (including phenoxy) is 3. The first kappa shape index (κ1) is 22.5. The van der Waals surface area contributed by atoms with Gasteiger partial charge in [0.2, 0.25) is 0 Å². The summed E-state index contributed by atoms with van der Waals surface area (Å²) in [4.78, 5) is 24.1. The second-order valence-electron chi connectivity index (χ2n) is 8.08. The summed E-state index contributed by atoms with van der Waals surface area (Å²) in [5, 5.41) is 0. The van der Waals surface area contributed by atoms with E-state index in [0.29, 0.717) is 35.0 Å². The van der Waals surface area contributed by atoms with Crippen molar-refractivity contribution in [3.63, 3.8) is 0 Å². The van der Waals surface area contributed by atoms with E-state index in [1.165, 1.54) is 18.5 Å². The third-order valence-corrected chi connectivity index (χ3v) is 5.37. The molecule has 33 heavy (non-hydrogen) atoms. The van der Waals surface area contributed by atoms with E-state index in [1.54, 1.807) is 30.9 Å². The monoisotopic (exact) mass is 452 g/mol. The average molecular weight is 452 g/mol. The van der Waals surface area contributed by atoms with Gasteiger partial charge in [-0.2, -0.15) is 4.98 Å². The van der Waals surface area contributed by atoms with Crippen molar-refractivity contribution in [1.29, 1.82) is 0 Å². The van der Waals surface area contributed by atoms with Gasteiger partial charge in [-0.15, -0.1) is 0 Å². The third-order valence-electron chi connectivity index (χ3n) is 5.37. The van der Waals surface area contributed by atoms with Crippen LogP contribution in [0.4, 0.5) is 4.39 Å². The highest BCUT2D eigenvalue weighted by atomic mass is 19.1. The zero-order valence-electron chi connectivity index (χ0n) is 18.9. The average Bonchev–Trinajstić information content (AvgIpc) is 3.28. The van der Waals surface area contributed by atoms with Crippen LogP contribution < -0.4 is 15.0 Å². The van der Waals surface area contributed by atoms with Crippen molar-refractivity contribution in [1.82, 2.24) is 19.5 Å². The number of aromatic amines is 1. The van der Waals surface area contributed by atoms with Crippen LogP contribution in [0, 0.1) is 5.82 Å². The SMILES string of the molecule is COc1ccc(Cn2cnc(=O)c3[nH]c(C(C)(C)OCc4ccc(F)cc4)nc32)cc1OC. The van der Waals surface area contributed by atoms with Gasteiger partial charge >= 0.3 is 0 Å². The first-order valence-electron chi connectivity index (χ1n) is 10.4. The second kappa shape index (κ2) is 9.03. The Balaban J connectivity index is 1.63. The fraction of sp³-hybridized carbons (Fsp3) is 0.292. The molecule has 0 spiro atoms. The highest BCUT2D eigenvalue weighted by Gasteiger charge is 2.27. The maximum Gasteiger partial charge on any atom is 0.298 e. The molecule has 4 aromatic rings. The van der Waals surface area contributed by atoms with Gasteiger partial charge in [-0.25, -0.2) is 9.37 Å². The Morgan fingerprint density at radius 2 is 1.73 bits per heavy atom. The lowest BCUT2D eigenvalue weighted by atomic mass is 10.1. The van der Waals surface area contributed by atoms with Gasteiger partial charge in [0, 0.05) is 0 Å². The largest absolute Gasteiger partial charge is 0.493 e. The van der Waals surface area contributed by atoms with Crippen LogP contribution in [0.25, 0.3) is 11.2 Å². The highest BCUT2D eigenvalue weighted by Crippen LogP contribution is 2.29. The van der Waals surface area contributed by atoms with Crippen molar-refractivity contribution >= 4 is 11.2 Å². The van der Waals surface area contributed by atoms with Gasteiger partial charge in [0.1, 0.15) is 23.6 Å². The highest BCUT2D eigenvalue weighted by molar-refractivity contribution is 5.70. The molecule has 0 aliphatic carbocycles. The molecule has 0 fully saturated rings. The Morgan fingerprint density at radius 3 is 2.42 bits per heavy atom. The van der Waals surface area contributed by atoms with E-state index in [-0.39, 0.29) is 12.4 Å². The maximum absolute atomic E-state index is 13.1. The number of nitrogens with one attached hydrogen (secondary N) is 1. The molecule has 2 aromatic heterocycles.